The van der Waals surface area contributed by atoms with Crippen molar-refractivity contribution in [3.8, 4) is 0 Å². The molecule has 3 aromatic rings. The van der Waals surface area contributed by atoms with Gasteiger partial charge in [0.2, 0.25) is 5.91 Å². The lowest BCUT2D eigenvalue weighted by Crippen LogP contribution is -2.52. The molecule has 1 aliphatic heterocycles. The molecule has 4 rings (SSSR count). The zero-order valence-electron chi connectivity index (χ0n) is 17.3. The maximum absolute atomic E-state index is 12.7. The first-order chi connectivity index (χ1) is 15.3. The van der Waals surface area contributed by atoms with E-state index in [1.807, 2.05) is 24.3 Å². The second-order valence-corrected chi connectivity index (χ2v) is 11.6. The number of fused-ring (bicyclic) bond motifs is 1. The molecule has 2 amide bonds. The summed E-state index contributed by atoms with van der Waals surface area (Å²) in [5.74, 6) is -1.36. The van der Waals surface area contributed by atoms with Crippen LogP contribution in [0.3, 0.4) is 0 Å². The number of benzene rings is 1. The van der Waals surface area contributed by atoms with Crippen molar-refractivity contribution in [3.05, 3.63) is 41.8 Å². The van der Waals surface area contributed by atoms with E-state index < -0.39 is 33.8 Å². The number of nitrogens with zero attached hydrogens (tertiary/aromatic N) is 2. The highest BCUT2D eigenvalue weighted by atomic mass is 32.2. The van der Waals surface area contributed by atoms with Crippen LogP contribution in [0.1, 0.15) is 19.8 Å². The lowest BCUT2D eigenvalue weighted by Gasteiger charge is -2.30. The second kappa shape index (κ2) is 9.53. The summed E-state index contributed by atoms with van der Waals surface area (Å²) >= 11 is 2.59. The number of carbonyl (C=O) groups is 2. The molecule has 0 unspecified atom stereocenters. The van der Waals surface area contributed by atoms with Gasteiger partial charge in [-0.2, -0.15) is 4.31 Å². The molecule has 1 fully saturated rings. The molecule has 9 nitrogen and oxygen atoms in total. The number of piperidine rings is 1. The lowest BCUT2D eigenvalue weighted by molar-refractivity contribution is -0.132. The monoisotopic (exact) mass is 493 g/mol. The van der Waals surface area contributed by atoms with Crippen LogP contribution in [0.2, 0.25) is 0 Å². The lowest BCUT2D eigenvalue weighted by atomic mass is 9.99. The molecule has 170 valence electrons. The maximum Gasteiger partial charge on any atom is 0.260 e. The number of rotatable bonds is 6. The van der Waals surface area contributed by atoms with Crippen molar-refractivity contribution in [2.75, 3.05) is 18.4 Å². The molecule has 0 spiro atoms. The SMILES string of the molecule is C[C@@H](Nc1nc2ccccc2s1)C(=O)NNC(=O)[C@H]1CCCN(S(=O)(=O)c2cccs2)C1. The number of hydrogen-bond acceptors (Lipinski definition) is 8. The smallest absolute Gasteiger partial charge is 0.260 e. The van der Waals surface area contributed by atoms with Crippen molar-refractivity contribution in [1.82, 2.24) is 20.1 Å². The van der Waals surface area contributed by atoms with Crippen LogP contribution in [0.15, 0.2) is 46.0 Å². The predicted molar refractivity (Wildman–Crippen MR) is 125 cm³/mol. The Balaban J connectivity index is 1.30. The van der Waals surface area contributed by atoms with E-state index in [4.69, 9.17) is 0 Å². The van der Waals surface area contributed by atoms with Crippen molar-refractivity contribution >= 4 is 59.9 Å². The number of anilines is 1. The number of para-hydroxylation sites is 1. The zero-order chi connectivity index (χ0) is 22.7. The Bertz CT molecular complexity index is 1180. The summed E-state index contributed by atoms with van der Waals surface area (Å²) in [5.41, 5.74) is 5.71. The Morgan fingerprint density at radius 3 is 2.75 bits per heavy atom. The average Bonchev–Trinajstić information content (AvgIpc) is 3.47. The summed E-state index contributed by atoms with van der Waals surface area (Å²) in [6.07, 6.45) is 1.13. The molecule has 1 saturated heterocycles. The van der Waals surface area contributed by atoms with Crippen LogP contribution in [0.25, 0.3) is 10.2 Å². The first-order valence-electron chi connectivity index (χ1n) is 10.1. The van der Waals surface area contributed by atoms with Gasteiger partial charge in [-0.3, -0.25) is 20.4 Å². The van der Waals surface area contributed by atoms with Gasteiger partial charge in [0, 0.05) is 13.1 Å². The number of aromatic nitrogens is 1. The average molecular weight is 494 g/mol. The van der Waals surface area contributed by atoms with E-state index in [1.165, 1.54) is 15.6 Å². The van der Waals surface area contributed by atoms with Crippen LogP contribution in [0, 0.1) is 5.92 Å². The highest BCUT2D eigenvalue weighted by Gasteiger charge is 2.34. The van der Waals surface area contributed by atoms with E-state index in [1.54, 1.807) is 24.4 Å². The van der Waals surface area contributed by atoms with E-state index in [0.29, 0.717) is 24.5 Å². The van der Waals surface area contributed by atoms with E-state index in [-0.39, 0.29) is 10.8 Å². The molecule has 2 aromatic heterocycles. The number of nitrogens with one attached hydrogen (secondary N) is 3. The van der Waals surface area contributed by atoms with E-state index in [2.05, 4.69) is 21.2 Å². The molecular weight excluding hydrogens is 470 g/mol. The van der Waals surface area contributed by atoms with E-state index >= 15 is 0 Å². The minimum absolute atomic E-state index is 0.0848. The third-order valence-corrected chi connectivity index (χ3v) is 9.39. The minimum Gasteiger partial charge on any atom is -0.350 e. The van der Waals surface area contributed by atoms with Gasteiger partial charge in [-0.15, -0.1) is 11.3 Å². The van der Waals surface area contributed by atoms with Crippen molar-refractivity contribution in [2.24, 2.45) is 5.92 Å². The van der Waals surface area contributed by atoms with Gasteiger partial charge in [0.05, 0.1) is 16.1 Å². The van der Waals surface area contributed by atoms with Crippen LogP contribution < -0.4 is 16.2 Å². The highest BCUT2D eigenvalue weighted by Crippen LogP contribution is 2.27. The topological polar surface area (TPSA) is 120 Å². The Morgan fingerprint density at radius 1 is 1.19 bits per heavy atom. The van der Waals surface area contributed by atoms with Gasteiger partial charge in [0.1, 0.15) is 10.3 Å². The van der Waals surface area contributed by atoms with Gasteiger partial charge >= 0.3 is 0 Å². The van der Waals surface area contributed by atoms with Crippen LogP contribution in [0.4, 0.5) is 5.13 Å². The third kappa shape index (κ3) is 4.93. The third-order valence-electron chi connectivity index (χ3n) is 5.18. The quantitative estimate of drug-likeness (QED) is 0.454. The number of thiophene rings is 1. The molecular formula is C20H23N5O4S3. The van der Waals surface area contributed by atoms with Crippen molar-refractivity contribution in [1.29, 1.82) is 0 Å². The van der Waals surface area contributed by atoms with E-state index in [9.17, 15) is 18.0 Å². The molecule has 0 radical (unpaired) electrons. The first kappa shape index (κ1) is 22.6. The Labute approximate surface area is 193 Å². The summed E-state index contributed by atoms with van der Waals surface area (Å²) < 4.78 is 28.1. The normalized spacial score (nSPS) is 18.2. The number of hydrazine groups is 1. The molecule has 3 N–H and O–H groups in total. The standard InChI is InChI=1S/C20H23N5O4S3/c1-13(21-20-22-15-7-2-3-8-16(15)31-20)18(26)23-24-19(27)14-6-4-10-25(12-14)32(28,29)17-9-5-11-30-17/h2-3,5,7-9,11,13-14H,4,6,10,12H2,1H3,(H,21,22)(H,23,26)(H,24,27)/t13-,14+/m1/s1. The fourth-order valence-corrected chi connectivity index (χ4v) is 7.05. The van der Waals surface area contributed by atoms with Crippen LogP contribution in [0.5, 0.6) is 0 Å². The molecule has 2 atom stereocenters. The number of thiazole rings is 1. The molecule has 1 aromatic carbocycles. The number of sulfonamides is 1. The highest BCUT2D eigenvalue weighted by molar-refractivity contribution is 7.91. The largest absolute Gasteiger partial charge is 0.350 e. The molecule has 12 heteroatoms. The Kier molecular flexibility index (Phi) is 6.74. The molecule has 0 saturated carbocycles. The number of carbonyl (C=O) groups excluding carboxylic acids is 2. The molecule has 3 heterocycles. The second-order valence-electron chi connectivity index (χ2n) is 7.47. The summed E-state index contributed by atoms with van der Waals surface area (Å²) in [7, 11) is -3.61. The first-order valence-corrected chi connectivity index (χ1v) is 13.2. The fraction of sp³-hybridized carbons (Fsp3) is 0.350. The van der Waals surface area contributed by atoms with Crippen molar-refractivity contribution < 1.29 is 18.0 Å². The Hall–Kier alpha value is -2.54. The van der Waals surface area contributed by atoms with Gasteiger partial charge < -0.3 is 5.32 Å². The molecule has 1 aliphatic rings. The number of amides is 2. The summed E-state index contributed by atoms with van der Waals surface area (Å²) in [4.78, 5) is 29.4. The maximum atomic E-state index is 12.7. The fourth-order valence-electron chi connectivity index (χ4n) is 3.43. The predicted octanol–water partition coefficient (Wildman–Crippen LogP) is 2.41. The van der Waals surface area contributed by atoms with Gasteiger partial charge in [0.25, 0.3) is 15.9 Å². The van der Waals surface area contributed by atoms with Crippen LogP contribution in [-0.2, 0) is 19.6 Å². The zero-order valence-corrected chi connectivity index (χ0v) is 19.7. The van der Waals surface area contributed by atoms with Crippen molar-refractivity contribution in [2.45, 2.75) is 30.0 Å². The van der Waals surface area contributed by atoms with Gasteiger partial charge in [-0.1, -0.05) is 29.5 Å². The van der Waals surface area contributed by atoms with Gasteiger partial charge in [-0.05, 0) is 43.3 Å². The van der Waals surface area contributed by atoms with Gasteiger partial charge in [0.15, 0.2) is 5.13 Å². The van der Waals surface area contributed by atoms with E-state index in [0.717, 1.165) is 21.6 Å². The summed E-state index contributed by atoms with van der Waals surface area (Å²) in [6, 6.07) is 10.3. The molecule has 32 heavy (non-hydrogen) atoms. The van der Waals surface area contributed by atoms with Crippen LogP contribution in [-0.4, -0.2) is 48.7 Å². The Morgan fingerprint density at radius 2 is 2.00 bits per heavy atom. The summed E-state index contributed by atoms with van der Waals surface area (Å²) in [6.45, 7) is 2.13. The molecule has 0 aliphatic carbocycles. The van der Waals surface area contributed by atoms with Crippen molar-refractivity contribution in [3.63, 3.8) is 0 Å². The van der Waals surface area contributed by atoms with Gasteiger partial charge in [-0.25, -0.2) is 13.4 Å². The minimum atomic E-state index is -3.61. The van der Waals surface area contributed by atoms with Crippen LogP contribution >= 0.6 is 22.7 Å². The number of hydrogen-bond donors (Lipinski definition) is 3. The summed E-state index contributed by atoms with van der Waals surface area (Å²) in [5, 5.41) is 5.36. The molecule has 0 bridgehead atoms.